The van der Waals surface area contributed by atoms with Crippen LogP contribution in [-0.4, -0.2) is 11.9 Å². The quantitative estimate of drug-likeness (QED) is 0.783. The summed E-state index contributed by atoms with van der Waals surface area (Å²) in [6.07, 6.45) is 0.170. The van der Waals surface area contributed by atoms with Crippen LogP contribution in [-0.2, 0) is 4.79 Å². The van der Waals surface area contributed by atoms with Crippen molar-refractivity contribution >= 4 is 21.7 Å². The molecule has 0 aliphatic rings. The van der Waals surface area contributed by atoms with Gasteiger partial charge >= 0.3 is 0 Å². The van der Waals surface area contributed by atoms with Crippen LogP contribution < -0.4 is 4.74 Å². The third-order valence-electron chi connectivity index (χ3n) is 1.90. The lowest BCUT2D eigenvalue weighted by atomic mass is 10.1. The molecule has 1 atom stereocenters. The van der Waals surface area contributed by atoms with Gasteiger partial charge in [-0.05, 0) is 38.5 Å². The zero-order valence-electron chi connectivity index (χ0n) is 9.16. The minimum Gasteiger partial charge on any atom is -0.491 e. The van der Waals surface area contributed by atoms with Crippen LogP contribution in [0.5, 0.6) is 5.75 Å². The molecule has 0 amide bonds. The van der Waals surface area contributed by atoms with E-state index in [-0.39, 0.29) is 16.7 Å². The Morgan fingerprint density at radius 1 is 1.27 bits per heavy atom. The van der Waals surface area contributed by atoms with E-state index in [1.807, 2.05) is 38.1 Å². The minimum atomic E-state index is -0.217. The maximum absolute atomic E-state index is 11.1. The highest BCUT2D eigenvalue weighted by Crippen LogP contribution is 2.25. The summed E-state index contributed by atoms with van der Waals surface area (Å²) in [6, 6.07) is 7.57. The van der Waals surface area contributed by atoms with E-state index in [0.29, 0.717) is 0 Å². The molecule has 0 fully saturated rings. The second-order valence-electron chi connectivity index (χ2n) is 3.71. The second kappa shape index (κ2) is 5.31. The number of carbonyl (C=O) groups excluding carboxylic acids is 1. The lowest BCUT2D eigenvalue weighted by Gasteiger charge is -2.11. The number of halogens is 1. The van der Waals surface area contributed by atoms with Crippen LogP contribution in [0.2, 0.25) is 0 Å². The lowest BCUT2D eigenvalue weighted by molar-refractivity contribution is -0.116. The van der Waals surface area contributed by atoms with Gasteiger partial charge in [0.1, 0.15) is 11.5 Å². The van der Waals surface area contributed by atoms with E-state index in [1.165, 1.54) is 0 Å². The highest BCUT2D eigenvalue weighted by molar-refractivity contribution is 9.09. The number of rotatable bonds is 4. The number of Topliss-reactive ketones (excluding diaryl/α,β-unsaturated/α-hetero) is 1. The molecule has 0 N–H and O–H groups in total. The zero-order chi connectivity index (χ0) is 11.4. The fourth-order valence-electron chi connectivity index (χ4n) is 1.22. The summed E-state index contributed by atoms with van der Waals surface area (Å²) in [6.45, 7) is 5.53. The molecule has 0 saturated carbocycles. The van der Waals surface area contributed by atoms with Crippen LogP contribution in [0, 0.1) is 0 Å². The minimum absolute atomic E-state index is 0.104. The fraction of sp³-hybridized carbons (Fsp3) is 0.417. The number of ether oxygens (including phenoxy) is 1. The molecule has 1 aromatic rings. The van der Waals surface area contributed by atoms with Crippen molar-refractivity contribution < 1.29 is 9.53 Å². The molecule has 2 nitrogen and oxygen atoms in total. The molecule has 0 aromatic heterocycles. The van der Waals surface area contributed by atoms with Crippen molar-refractivity contribution in [1.29, 1.82) is 0 Å². The van der Waals surface area contributed by atoms with Gasteiger partial charge in [0.15, 0.2) is 0 Å². The monoisotopic (exact) mass is 270 g/mol. The number of hydrogen-bond donors (Lipinski definition) is 0. The predicted octanol–water partition coefficient (Wildman–Crippen LogP) is 3.50. The van der Waals surface area contributed by atoms with Crippen LogP contribution in [0.3, 0.4) is 0 Å². The van der Waals surface area contributed by atoms with Crippen LogP contribution in [0.15, 0.2) is 24.3 Å². The van der Waals surface area contributed by atoms with Crippen molar-refractivity contribution in [3.8, 4) is 5.75 Å². The standard InChI is InChI=1S/C12H15BrO2/c1-8(2)15-11-6-4-10(5-7-11)12(13)9(3)14/h4-8,12H,1-3H3. The van der Waals surface area contributed by atoms with Crippen molar-refractivity contribution in [2.24, 2.45) is 0 Å². The van der Waals surface area contributed by atoms with Crippen LogP contribution in [0.1, 0.15) is 31.2 Å². The first kappa shape index (κ1) is 12.2. The van der Waals surface area contributed by atoms with Gasteiger partial charge in [0.2, 0.25) is 0 Å². The second-order valence-corrected chi connectivity index (χ2v) is 4.62. The summed E-state index contributed by atoms with van der Waals surface area (Å²) >= 11 is 3.34. The van der Waals surface area contributed by atoms with Gasteiger partial charge in [-0.25, -0.2) is 0 Å². The van der Waals surface area contributed by atoms with E-state index < -0.39 is 0 Å². The van der Waals surface area contributed by atoms with Crippen LogP contribution in [0.25, 0.3) is 0 Å². The fourth-order valence-corrected chi connectivity index (χ4v) is 1.53. The van der Waals surface area contributed by atoms with Crippen molar-refractivity contribution in [3.05, 3.63) is 29.8 Å². The van der Waals surface area contributed by atoms with Crippen molar-refractivity contribution in [3.63, 3.8) is 0 Å². The smallest absolute Gasteiger partial charge is 0.147 e. The maximum Gasteiger partial charge on any atom is 0.147 e. The van der Waals surface area contributed by atoms with Crippen molar-refractivity contribution in [2.45, 2.75) is 31.7 Å². The van der Waals surface area contributed by atoms with E-state index in [9.17, 15) is 4.79 Å². The number of hydrogen-bond acceptors (Lipinski definition) is 2. The van der Waals surface area contributed by atoms with Gasteiger partial charge in [-0.3, -0.25) is 4.79 Å². The molecule has 0 aliphatic heterocycles. The first-order chi connectivity index (χ1) is 7.00. The Bertz CT molecular complexity index is 330. The Hall–Kier alpha value is -0.830. The first-order valence-electron chi connectivity index (χ1n) is 4.92. The number of ketones is 1. The van der Waals surface area contributed by atoms with E-state index in [0.717, 1.165) is 11.3 Å². The summed E-state index contributed by atoms with van der Waals surface area (Å²) in [7, 11) is 0. The van der Waals surface area contributed by atoms with Gasteiger partial charge in [-0.15, -0.1) is 0 Å². The molecule has 0 aliphatic carbocycles. The Labute approximate surface area is 98.8 Å². The third-order valence-corrected chi connectivity index (χ3v) is 3.07. The largest absolute Gasteiger partial charge is 0.491 e. The summed E-state index contributed by atoms with van der Waals surface area (Å²) in [5, 5.41) is 0. The molecule has 0 spiro atoms. The molecule has 82 valence electrons. The number of benzene rings is 1. The molecular formula is C12H15BrO2. The average Bonchev–Trinajstić information content (AvgIpc) is 2.17. The molecule has 3 heteroatoms. The van der Waals surface area contributed by atoms with Gasteiger partial charge in [0.05, 0.1) is 10.9 Å². The van der Waals surface area contributed by atoms with E-state index in [1.54, 1.807) is 6.92 Å². The van der Waals surface area contributed by atoms with Gasteiger partial charge in [0.25, 0.3) is 0 Å². The molecule has 0 bridgehead atoms. The maximum atomic E-state index is 11.1. The van der Waals surface area contributed by atoms with E-state index in [4.69, 9.17) is 4.74 Å². The summed E-state index contributed by atoms with van der Waals surface area (Å²) in [5.74, 6) is 0.935. The van der Waals surface area contributed by atoms with Gasteiger partial charge < -0.3 is 4.74 Å². The SMILES string of the molecule is CC(=O)C(Br)c1ccc(OC(C)C)cc1. The Kier molecular flexibility index (Phi) is 4.33. The average molecular weight is 271 g/mol. The van der Waals surface area contributed by atoms with Crippen molar-refractivity contribution in [1.82, 2.24) is 0 Å². The molecule has 15 heavy (non-hydrogen) atoms. The van der Waals surface area contributed by atoms with Crippen LogP contribution in [0.4, 0.5) is 0 Å². The molecular weight excluding hydrogens is 256 g/mol. The van der Waals surface area contributed by atoms with Gasteiger partial charge in [0, 0.05) is 0 Å². The zero-order valence-corrected chi connectivity index (χ0v) is 10.7. The normalized spacial score (nSPS) is 12.6. The number of carbonyl (C=O) groups is 1. The molecule has 0 saturated heterocycles. The molecule has 0 radical (unpaired) electrons. The molecule has 1 rings (SSSR count). The highest BCUT2D eigenvalue weighted by Gasteiger charge is 2.12. The molecule has 0 heterocycles. The molecule has 1 unspecified atom stereocenters. The Morgan fingerprint density at radius 3 is 2.20 bits per heavy atom. The Morgan fingerprint density at radius 2 is 1.80 bits per heavy atom. The first-order valence-corrected chi connectivity index (χ1v) is 5.83. The number of alkyl halides is 1. The molecule has 1 aromatic carbocycles. The highest BCUT2D eigenvalue weighted by atomic mass is 79.9. The predicted molar refractivity (Wildman–Crippen MR) is 64.6 cm³/mol. The van der Waals surface area contributed by atoms with Gasteiger partial charge in [-0.1, -0.05) is 28.1 Å². The topological polar surface area (TPSA) is 26.3 Å². The lowest BCUT2D eigenvalue weighted by Crippen LogP contribution is -2.06. The summed E-state index contributed by atoms with van der Waals surface area (Å²) in [5.41, 5.74) is 0.957. The van der Waals surface area contributed by atoms with E-state index in [2.05, 4.69) is 15.9 Å². The Balaban J connectivity index is 2.76. The van der Waals surface area contributed by atoms with E-state index >= 15 is 0 Å². The summed E-state index contributed by atoms with van der Waals surface area (Å²) in [4.78, 5) is 10.9. The van der Waals surface area contributed by atoms with Crippen molar-refractivity contribution in [2.75, 3.05) is 0 Å². The summed E-state index contributed by atoms with van der Waals surface area (Å²) < 4.78 is 5.51. The van der Waals surface area contributed by atoms with Crippen LogP contribution >= 0.6 is 15.9 Å². The third kappa shape index (κ3) is 3.67. The van der Waals surface area contributed by atoms with Gasteiger partial charge in [-0.2, -0.15) is 0 Å².